The summed E-state index contributed by atoms with van der Waals surface area (Å²) in [6, 6.07) is 0. The highest BCUT2D eigenvalue weighted by Crippen LogP contribution is 2.06. The molecule has 0 spiro atoms. The first-order valence-electron chi connectivity index (χ1n) is 4.82. The molecule has 78 valence electrons. The Morgan fingerprint density at radius 2 is 2.08 bits per heavy atom. The van der Waals surface area contributed by atoms with Gasteiger partial charge < -0.3 is 14.6 Å². The highest BCUT2D eigenvalue weighted by molar-refractivity contribution is 4.69. The molecule has 0 aliphatic carbocycles. The van der Waals surface area contributed by atoms with Crippen LogP contribution in [0.3, 0.4) is 0 Å². The van der Waals surface area contributed by atoms with Crippen LogP contribution < -0.4 is 0 Å². The molecular weight excluding hydrogens is 168 g/mol. The third-order valence-electron chi connectivity index (χ3n) is 1.57. The highest BCUT2D eigenvalue weighted by atomic mass is 16.7. The molecule has 0 rings (SSSR count). The Morgan fingerprint density at radius 1 is 1.38 bits per heavy atom. The zero-order valence-electron chi connectivity index (χ0n) is 8.69. The number of aliphatic hydroxyl groups excluding tert-OH is 1. The topological polar surface area (TPSA) is 38.7 Å². The molecule has 0 amide bonds. The van der Waals surface area contributed by atoms with Crippen LogP contribution in [-0.4, -0.2) is 24.1 Å². The Balaban J connectivity index is 3.86. The van der Waals surface area contributed by atoms with Gasteiger partial charge in [-0.2, -0.15) is 0 Å². The standard InChI is InChI=1S/C10H20O3/c1-4-7-12-10(9(11)6-3)13-8-5-2/h4,7,9-11H,5-6,8H2,1-3H3. The van der Waals surface area contributed by atoms with Crippen LogP contribution in [0.25, 0.3) is 0 Å². The number of ether oxygens (including phenoxy) is 2. The molecule has 0 saturated carbocycles. The molecule has 2 unspecified atom stereocenters. The normalized spacial score (nSPS) is 16.0. The maximum Gasteiger partial charge on any atom is 0.225 e. The van der Waals surface area contributed by atoms with E-state index in [4.69, 9.17) is 9.47 Å². The third-order valence-corrected chi connectivity index (χ3v) is 1.57. The van der Waals surface area contributed by atoms with Crippen LogP contribution in [0.2, 0.25) is 0 Å². The van der Waals surface area contributed by atoms with Crippen LogP contribution in [-0.2, 0) is 9.47 Å². The summed E-state index contributed by atoms with van der Waals surface area (Å²) in [5.74, 6) is 0. The Morgan fingerprint density at radius 3 is 2.54 bits per heavy atom. The number of allylic oxidation sites excluding steroid dienone is 1. The van der Waals surface area contributed by atoms with E-state index in [1.165, 1.54) is 0 Å². The summed E-state index contributed by atoms with van der Waals surface area (Å²) in [4.78, 5) is 0. The minimum atomic E-state index is -0.553. The Kier molecular flexibility index (Phi) is 7.74. The van der Waals surface area contributed by atoms with E-state index in [0.717, 1.165) is 6.42 Å². The van der Waals surface area contributed by atoms with Crippen molar-refractivity contribution in [2.24, 2.45) is 0 Å². The minimum Gasteiger partial charge on any atom is -0.470 e. The van der Waals surface area contributed by atoms with Crippen LogP contribution in [0, 0.1) is 0 Å². The van der Waals surface area contributed by atoms with Gasteiger partial charge in [0.05, 0.1) is 12.9 Å². The highest BCUT2D eigenvalue weighted by Gasteiger charge is 2.17. The van der Waals surface area contributed by atoms with Gasteiger partial charge in [0.15, 0.2) is 0 Å². The van der Waals surface area contributed by atoms with Crippen LogP contribution in [0.5, 0.6) is 0 Å². The third kappa shape index (κ3) is 5.66. The van der Waals surface area contributed by atoms with E-state index >= 15 is 0 Å². The zero-order valence-corrected chi connectivity index (χ0v) is 8.69. The van der Waals surface area contributed by atoms with Gasteiger partial charge in [-0.1, -0.05) is 19.9 Å². The zero-order chi connectivity index (χ0) is 10.1. The largest absolute Gasteiger partial charge is 0.470 e. The molecule has 2 atom stereocenters. The lowest BCUT2D eigenvalue weighted by atomic mass is 10.3. The monoisotopic (exact) mass is 188 g/mol. The van der Waals surface area contributed by atoms with E-state index in [9.17, 15) is 5.11 Å². The minimum absolute atomic E-state index is 0.527. The van der Waals surface area contributed by atoms with Gasteiger partial charge in [-0.25, -0.2) is 0 Å². The summed E-state index contributed by atoms with van der Waals surface area (Å²) in [5, 5.41) is 9.49. The van der Waals surface area contributed by atoms with Crippen LogP contribution in [0.4, 0.5) is 0 Å². The molecular formula is C10H20O3. The predicted molar refractivity (Wildman–Crippen MR) is 52.2 cm³/mol. The summed E-state index contributed by atoms with van der Waals surface area (Å²) >= 11 is 0. The van der Waals surface area contributed by atoms with Crippen LogP contribution >= 0.6 is 0 Å². The molecule has 3 heteroatoms. The summed E-state index contributed by atoms with van der Waals surface area (Å²) in [6.07, 6.45) is 3.78. The van der Waals surface area contributed by atoms with Gasteiger partial charge in [0.1, 0.15) is 6.10 Å². The van der Waals surface area contributed by atoms with E-state index in [0.29, 0.717) is 13.0 Å². The average molecular weight is 188 g/mol. The van der Waals surface area contributed by atoms with E-state index in [1.807, 2.05) is 20.8 Å². The fourth-order valence-electron chi connectivity index (χ4n) is 0.824. The quantitative estimate of drug-likeness (QED) is 0.491. The van der Waals surface area contributed by atoms with E-state index in [1.54, 1.807) is 12.3 Å². The van der Waals surface area contributed by atoms with Crippen LogP contribution in [0.1, 0.15) is 33.6 Å². The van der Waals surface area contributed by atoms with Gasteiger partial charge in [-0.05, 0) is 19.8 Å². The first-order chi connectivity index (χ1) is 6.26. The molecule has 0 aromatic heterocycles. The second kappa shape index (κ2) is 8.08. The van der Waals surface area contributed by atoms with Gasteiger partial charge in [-0.15, -0.1) is 0 Å². The molecule has 1 N–H and O–H groups in total. The van der Waals surface area contributed by atoms with Crippen molar-refractivity contribution in [2.45, 2.75) is 46.0 Å². The summed E-state index contributed by atoms with van der Waals surface area (Å²) in [6.45, 7) is 6.38. The molecule has 0 aromatic carbocycles. The molecule has 0 saturated heterocycles. The van der Waals surface area contributed by atoms with Crippen molar-refractivity contribution in [3.63, 3.8) is 0 Å². The molecule has 0 bridgehead atoms. The second-order valence-corrected chi connectivity index (χ2v) is 2.82. The van der Waals surface area contributed by atoms with E-state index in [-0.39, 0.29) is 0 Å². The predicted octanol–water partition coefficient (Wildman–Crippen LogP) is 2.06. The smallest absolute Gasteiger partial charge is 0.225 e. The number of hydrogen-bond donors (Lipinski definition) is 1. The maximum atomic E-state index is 9.49. The fraction of sp³-hybridized carbons (Fsp3) is 0.800. The maximum absolute atomic E-state index is 9.49. The molecule has 0 aromatic rings. The second-order valence-electron chi connectivity index (χ2n) is 2.82. The molecule has 0 radical (unpaired) electrons. The van der Waals surface area contributed by atoms with Crippen molar-refractivity contribution in [2.75, 3.05) is 6.61 Å². The Hall–Kier alpha value is -0.540. The number of aliphatic hydroxyl groups is 1. The van der Waals surface area contributed by atoms with E-state index < -0.39 is 12.4 Å². The van der Waals surface area contributed by atoms with Crippen molar-refractivity contribution in [1.29, 1.82) is 0 Å². The molecule has 13 heavy (non-hydrogen) atoms. The molecule has 0 aliphatic rings. The summed E-state index contributed by atoms with van der Waals surface area (Å²) in [5.41, 5.74) is 0. The Bertz CT molecular complexity index is 134. The van der Waals surface area contributed by atoms with Crippen molar-refractivity contribution in [3.05, 3.63) is 12.3 Å². The summed E-state index contributed by atoms with van der Waals surface area (Å²) < 4.78 is 10.5. The van der Waals surface area contributed by atoms with Crippen molar-refractivity contribution < 1.29 is 14.6 Å². The van der Waals surface area contributed by atoms with Gasteiger partial charge in [-0.3, -0.25) is 0 Å². The lowest BCUT2D eigenvalue weighted by Crippen LogP contribution is -2.30. The van der Waals surface area contributed by atoms with Gasteiger partial charge in [0.2, 0.25) is 6.29 Å². The number of hydrogen-bond acceptors (Lipinski definition) is 3. The van der Waals surface area contributed by atoms with Gasteiger partial charge in [0.25, 0.3) is 0 Å². The molecule has 3 nitrogen and oxygen atoms in total. The lowest BCUT2D eigenvalue weighted by molar-refractivity contribution is -0.166. The SMILES string of the molecule is CC=COC(OCCC)C(O)CC. The summed E-state index contributed by atoms with van der Waals surface area (Å²) in [7, 11) is 0. The lowest BCUT2D eigenvalue weighted by Gasteiger charge is -2.21. The van der Waals surface area contributed by atoms with Gasteiger partial charge in [0, 0.05) is 0 Å². The fourth-order valence-corrected chi connectivity index (χ4v) is 0.824. The van der Waals surface area contributed by atoms with E-state index in [2.05, 4.69) is 0 Å². The first kappa shape index (κ1) is 12.5. The Labute approximate surface area is 80.4 Å². The molecule has 0 fully saturated rings. The van der Waals surface area contributed by atoms with Crippen molar-refractivity contribution in [1.82, 2.24) is 0 Å². The van der Waals surface area contributed by atoms with Crippen molar-refractivity contribution in [3.8, 4) is 0 Å². The average Bonchev–Trinajstić information content (AvgIpc) is 2.17. The van der Waals surface area contributed by atoms with Crippen molar-refractivity contribution >= 4 is 0 Å². The molecule has 0 heterocycles. The number of rotatable bonds is 7. The van der Waals surface area contributed by atoms with Crippen LogP contribution in [0.15, 0.2) is 12.3 Å². The van der Waals surface area contributed by atoms with Gasteiger partial charge >= 0.3 is 0 Å². The first-order valence-corrected chi connectivity index (χ1v) is 4.82. The molecule has 0 aliphatic heterocycles.